The number of hydrogen-bond acceptors (Lipinski definition) is 2. The second-order valence-corrected chi connectivity index (χ2v) is 7.96. The topological polar surface area (TPSA) is 66.0 Å². The van der Waals surface area contributed by atoms with Crippen LogP contribution in [0.4, 0.5) is 4.39 Å². The van der Waals surface area contributed by atoms with Crippen LogP contribution < -0.4 is 0 Å². The lowest BCUT2D eigenvalue weighted by atomic mass is 9.85. The van der Waals surface area contributed by atoms with Gasteiger partial charge in [0.1, 0.15) is 6.17 Å². The van der Waals surface area contributed by atoms with Crippen LogP contribution in [0.15, 0.2) is 83.1 Å². The number of aliphatic carboxylic acids is 1. The summed E-state index contributed by atoms with van der Waals surface area (Å²) in [6, 6.07) is 13.8. The minimum absolute atomic E-state index is 0.294. The molecule has 3 aromatic rings. The van der Waals surface area contributed by atoms with E-state index < -0.39 is 12.1 Å². The standard InChI is InChI=1S/C26H22ClFN2O2/c1-2-21(22-10-9-20(28)14-23(22)27)26(18-8-11-24-19(13-18)15-29-30-24)17-6-3-16(4-7-17)5-12-25(31)32/h3-8,10-15,20H,2,9H2,1H3,(H,29,30)(H,31,32)/b12-5+,26-21+. The molecule has 162 valence electrons. The van der Waals surface area contributed by atoms with Crippen LogP contribution in [0.2, 0.25) is 0 Å². The second kappa shape index (κ2) is 9.37. The molecule has 0 bridgehead atoms. The zero-order chi connectivity index (χ0) is 22.7. The predicted molar refractivity (Wildman–Crippen MR) is 127 cm³/mol. The first-order chi connectivity index (χ1) is 15.5. The van der Waals surface area contributed by atoms with Gasteiger partial charge < -0.3 is 5.11 Å². The van der Waals surface area contributed by atoms with Gasteiger partial charge in [-0.05, 0) is 64.1 Å². The van der Waals surface area contributed by atoms with Crippen molar-refractivity contribution in [2.45, 2.75) is 25.9 Å². The highest BCUT2D eigenvalue weighted by Gasteiger charge is 2.21. The third-order valence-electron chi connectivity index (χ3n) is 5.46. The van der Waals surface area contributed by atoms with E-state index in [1.165, 1.54) is 6.08 Å². The van der Waals surface area contributed by atoms with E-state index in [9.17, 15) is 9.18 Å². The molecule has 1 aromatic heterocycles. The number of H-pyrrole nitrogens is 1. The third-order valence-corrected chi connectivity index (χ3v) is 5.79. The average Bonchev–Trinajstić information content (AvgIpc) is 3.25. The first-order valence-corrected chi connectivity index (χ1v) is 10.7. The summed E-state index contributed by atoms with van der Waals surface area (Å²) in [4.78, 5) is 10.8. The number of halogens is 2. The number of nitrogens with one attached hydrogen (secondary N) is 1. The van der Waals surface area contributed by atoms with Crippen LogP contribution in [0, 0.1) is 0 Å². The molecule has 32 heavy (non-hydrogen) atoms. The van der Waals surface area contributed by atoms with Gasteiger partial charge in [-0.1, -0.05) is 54.9 Å². The molecule has 0 amide bonds. The molecule has 1 aliphatic carbocycles. The molecule has 0 aliphatic heterocycles. The average molecular weight is 449 g/mol. The Bertz CT molecular complexity index is 1280. The van der Waals surface area contributed by atoms with E-state index in [0.29, 0.717) is 17.9 Å². The summed E-state index contributed by atoms with van der Waals surface area (Å²) in [6.45, 7) is 2.06. The fraction of sp³-hybridized carbons (Fsp3) is 0.154. The Balaban J connectivity index is 1.89. The lowest BCUT2D eigenvalue weighted by molar-refractivity contribution is -0.131. The molecule has 2 aromatic carbocycles. The zero-order valence-electron chi connectivity index (χ0n) is 17.5. The van der Waals surface area contributed by atoms with Gasteiger partial charge in [-0.25, -0.2) is 9.18 Å². The predicted octanol–water partition coefficient (Wildman–Crippen LogP) is 6.66. The Kier molecular flexibility index (Phi) is 6.37. The summed E-state index contributed by atoms with van der Waals surface area (Å²) in [6.07, 6.45) is 7.70. The number of benzene rings is 2. The zero-order valence-corrected chi connectivity index (χ0v) is 18.2. The summed E-state index contributed by atoms with van der Waals surface area (Å²) in [5, 5.41) is 17.4. The van der Waals surface area contributed by atoms with Crippen molar-refractivity contribution in [1.29, 1.82) is 0 Å². The number of carboxylic acids is 1. The number of aromatic amines is 1. The Hall–Kier alpha value is -3.44. The van der Waals surface area contributed by atoms with Crippen LogP contribution in [0.3, 0.4) is 0 Å². The van der Waals surface area contributed by atoms with Crippen LogP contribution in [-0.4, -0.2) is 27.4 Å². The Labute approximate surface area is 190 Å². The van der Waals surface area contributed by atoms with Crippen LogP contribution in [0.1, 0.15) is 36.5 Å². The summed E-state index contributed by atoms with van der Waals surface area (Å²) < 4.78 is 13.9. The quantitative estimate of drug-likeness (QED) is 0.414. The van der Waals surface area contributed by atoms with E-state index >= 15 is 0 Å². The fourth-order valence-electron chi connectivity index (χ4n) is 3.96. The first kappa shape index (κ1) is 21.8. The van der Waals surface area contributed by atoms with E-state index in [-0.39, 0.29) is 0 Å². The van der Waals surface area contributed by atoms with Crippen LogP contribution in [0.5, 0.6) is 0 Å². The van der Waals surface area contributed by atoms with Crippen LogP contribution in [0.25, 0.3) is 22.6 Å². The molecule has 2 N–H and O–H groups in total. The summed E-state index contributed by atoms with van der Waals surface area (Å²) in [5.74, 6) is -0.992. The number of carbonyl (C=O) groups is 1. The van der Waals surface area contributed by atoms with Gasteiger partial charge in [0.15, 0.2) is 0 Å². The maximum atomic E-state index is 13.9. The van der Waals surface area contributed by atoms with Crippen molar-refractivity contribution in [2.75, 3.05) is 0 Å². The molecule has 0 fully saturated rings. The van der Waals surface area contributed by atoms with Gasteiger partial charge in [-0.2, -0.15) is 5.10 Å². The number of fused-ring (bicyclic) bond motifs is 1. The molecule has 6 heteroatoms. The molecule has 4 nitrogen and oxygen atoms in total. The maximum Gasteiger partial charge on any atom is 0.328 e. The smallest absolute Gasteiger partial charge is 0.328 e. The van der Waals surface area contributed by atoms with Crippen molar-refractivity contribution in [2.24, 2.45) is 0 Å². The highest BCUT2D eigenvalue weighted by molar-refractivity contribution is 6.32. The summed E-state index contributed by atoms with van der Waals surface area (Å²) >= 11 is 6.48. The molecular formula is C26H22ClFN2O2. The Morgan fingerprint density at radius 3 is 2.69 bits per heavy atom. The van der Waals surface area contributed by atoms with E-state index in [4.69, 9.17) is 16.7 Å². The van der Waals surface area contributed by atoms with Crippen molar-refractivity contribution >= 4 is 40.1 Å². The molecule has 1 atom stereocenters. The minimum Gasteiger partial charge on any atom is -0.478 e. The van der Waals surface area contributed by atoms with Gasteiger partial charge in [-0.15, -0.1) is 0 Å². The number of nitrogens with zero attached hydrogens (tertiary/aromatic N) is 1. The molecule has 0 saturated heterocycles. The molecule has 1 unspecified atom stereocenters. The number of alkyl halides is 1. The van der Waals surface area contributed by atoms with Crippen molar-refractivity contribution < 1.29 is 14.3 Å². The SMILES string of the molecule is CC/C(C1=CCC(F)C=C1Cl)=C(/c1ccc(/C=C/C(=O)O)cc1)c1ccc2[nH]ncc2c1. The van der Waals surface area contributed by atoms with Crippen LogP contribution in [-0.2, 0) is 4.79 Å². The third kappa shape index (κ3) is 4.58. The fourth-order valence-corrected chi connectivity index (χ4v) is 4.28. The number of allylic oxidation sites excluding steroid dienone is 5. The van der Waals surface area contributed by atoms with Crippen molar-refractivity contribution in [3.8, 4) is 0 Å². The highest BCUT2D eigenvalue weighted by Crippen LogP contribution is 2.39. The number of carboxylic acid groups (broad SMARTS) is 1. The second-order valence-electron chi connectivity index (χ2n) is 7.56. The van der Waals surface area contributed by atoms with Gasteiger partial charge in [-0.3, -0.25) is 5.10 Å². The summed E-state index contributed by atoms with van der Waals surface area (Å²) in [7, 11) is 0. The van der Waals surface area contributed by atoms with Gasteiger partial charge in [0.25, 0.3) is 0 Å². The van der Waals surface area contributed by atoms with Gasteiger partial charge in [0, 0.05) is 22.9 Å². The molecule has 1 aliphatic rings. The normalized spacial score (nSPS) is 17.3. The van der Waals surface area contributed by atoms with Gasteiger partial charge >= 0.3 is 5.97 Å². The number of rotatable bonds is 6. The van der Waals surface area contributed by atoms with E-state index in [0.717, 1.165) is 50.4 Å². The minimum atomic E-state index is -1.07. The number of aromatic nitrogens is 2. The Morgan fingerprint density at radius 1 is 1.25 bits per heavy atom. The molecule has 0 radical (unpaired) electrons. The van der Waals surface area contributed by atoms with Crippen molar-refractivity contribution in [3.63, 3.8) is 0 Å². The van der Waals surface area contributed by atoms with Crippen LogP contribution >= 0.6 is 11.6 Å². The van der Waals surface area contributed by atoms with Crippen molar-refractivity contribution in [3.05, 3.63) is 99.8 Å². The lowest BCUT2D eigenvalue weighted by Crippen LogP contribution is -2.06. The van der Waals surface area contributed by atoms with Crippen molar-refractivity contribution in [1.82, 2.24) is 10.2 Å². The monoisotopic (exact) mass is 448 g/mol. The maximum absolute atomic E-state index is 13.9. The first-order valence-electron chi connectivity index (χ1n) is 10.4. The molecule has 1 heterocycles. The van der Waals surface area contributed by atoms with E-state index in [1.54, 1.807) is 12.3 Å². The lowest BCUT2D eigenvalue weighted by Gasteiger charge is -2.21. The number of hydrogen-bond donors (Lipinski definition) is 2. The molecule has 0 spiro atoms. The molecular weight excluding hydrogens is 427 g/mol. The molecule has 4 rings (SSSR count). The van der Waals surface area contributed by atoms with E-state index in [2.05, 4.69) is 23.2 Å². The Morgan fingerprint density at radius 2 is 2.00 bits per heavy atom. The summed E-state index contributed by atoms with van der Waals surface area (Å²) in [5.41, 5.74) is 6.56. The van der Waals surface area contributed by atoms with Gasteiger partial charge in [0.2, 0.25) is 0 Å². The highest BCUT2D eigenvalue weighted by atomic mass is 35.5. The van der Waals surface area contributed by atoms with E-state index in [1.807, 2.05) is 42.5 Å². The molecule has 0 saturated carbocycles. The largest absolute Gasteiger partial charge is 0.478 e. The van der Waals surface area contributed by atoms with Gasteiger partial charge in [0.05, 0.1) is 11.7 Å².